The number of rotatable bonds is 13. The van der Waals surface area contributed by atoms with Crippen molar-refractivity contribution in [2.45, 2.75) is 36.8 Å². The molecule has 2 aromatic rings. The van der Waals surface area contributed by atoms with E-state index in [0.717, 1.165) is 44.8 Å². The van der Waals surface area contributed by atoms with Gasteiger partial charge < -0.3 is 20.4 Å². The number of benzene rings is 2. The number of anilines is 2. The lowest BCUT2D eigenvalue weighted by molar-refractivity contribution is -0.131. The van der Waals surface area contributed by atoms with Gasteiger partial charge in [-0.15, -0.1) is 11.8 Å². The summed E-state index contributed by atoms with van der Waals surface area (Å²) in [6.07, 6.45) is 1.91. The van der Waals surface area contributed by atoms with Crippen molar-refractivity contribution in [3.05, 3.63) is 60.2 Å². The Kier molecular flexibility index (Phi) is 11.3. The molecule has 2 saturated heterocycles. The van der Waals surface area contributed by atoms with E-state index in [4.69, 9.17) is 5.26 Å². The van der Waals surface area contributed by atoms with Crippen molar-refractivity contribution < 1.29 is 9.59 Å². The number of hydrogen-bond acceptors (Lipinski definition) is 8. The van der Waals surface area contributed by atoms with Crippen molar-refractivity contribution in [2.75, 3.05) is 62.6 Å². The van der Waals surface area contributed by atoms with Crippen molar-refractivity contribution in [2.24, 2.45) is 5.92 Å². The fourth-order valence-electron chi connectivity index (χ4n) is 5.39. The second-order valence-corrected chi connectivity index (χ2v) is 11.7. The highest BCUT2D eigenvalue weighted by Gasteiger charge is 2.40. The van der Waals surface area contributed by atoms with Gasteiger partial charge in [0.25, 0.3) is 0 Å². The molecule has 0 aromatic heterocycles. The minimum atomic E-state index is -0.893. The van der Waals surface area contributed by atoms with E-state index in [1.54, 1.807) is 4.90 Å². The Hall–Kier alpha value is -3.73. The van der Waals surface area contributed by atoms with Crippen LogP contribution in [0.15, 0.2) is 54.6 Å². The van der Waals surface area contributed by atoms with Crippen LogP contribution < -0.4 is 15.5 Å². The van der Waals surface area contributed by atoms with Gasteiger partial charge in [0, 0.05) is 63.6 Å². The second kappa shape index (κ2) is 15.3. The monoisotopic (exact) mass is 573 g/mol. The first-order chi connectivity index (χ1) is 20.0. The molecule has 2 heterocycles. The third kappa shape index (κ3) is 8.39. The van der Waals surface area contributed by atoms with Crippen molar-refractivity contribution in [3.8, 4) is 12.1 Å². The number of carbonyl (C=O) groups is 2. The zero-order chi connectivity index (χ0) is 29.0. The number of thioether (sulfide) groups is 1. The van der Waals surface area contributed by atoms with Crippen LogP contribution in [0.3, 0.4) is 0 Å². The molecule has 2 N–H and O–H groups in total. The first-order valence-electron chi connectivity index (χ1n) is 14.4. The minimum Gasteiger partial charge on any atom is -0.385 e. The third-order valence-electron chi connectivity index (χ3n) is 7.69. The van der Waals surface area contributed by atoms with Crippen LogP contribution in [-0.4, -0.2) is 84.6 Å². The lowest BCUT2D eigenvalue weighted by Crippen LogP contribution is -2.46. The number of nitrogens with one attached hydrogen (secondary N) is 2. The summed E-state index contributed by atoms with van der Waals surface area (Å²) in [6, 6.07) is 23.0. The zero-order valence-electron chi connectivity index (χ0n) is 23.7. The smallest absolute Gasteiger partial charge is 0.238 e. The molecule has 0 spiro atoms. The van der Waals surface area contributed by atoms with Crippen LogP contribution in [-0.2, 0) is 16.0 Å². The average molecular weight is 574 g/mol. The molecule has 2 amide bonds. The highest BCUT2D eigenvalue weighted by atomic mass is 32.2. The molecule has 2 aliphatic rings. The Morgan fingerprint density at radius 2 is 1.88 bits per heavy atom. The topological polar surface area (TPSA) is 116 Å². The van der Waals surface area contributed by atoms with Gasteiger partial charge in [0.15, 0.2) is 0 Å². The van der Waals surface area contributed by atoms with E-state index in [1.165, 1.54) is 23.0 Å². The SMILES string of the molecule is CCN1C(=O)C(CCNc2cccc(CCN3CCN(c4ccccc4)CC3)c2)SC1CC(C#N)C(=O)NCC#N. The normalized spacial score (nSPS) is 19.8. The molecule has 3 atom stereocenters. The molecule has 41 heavy (non-hydrogen) atoms. The first-order valence-corrected chi connectivity index (χ1v) is 15.3. The fraction of sp³-hybridized carbons (Fsp3) is 0.484. The quantitative estimate of drug-likeness (QED) is 0.351. The number of nitrogens with zero attached hydrogens (tertiary/aromatic N) is 5. The molecule has 216 valence electrons. The van der Waals surface area contributed by atoms with E-state index in [0.29, 0.717) is 19.5 Å². The molecule has 3 unspecified atom stereocenters. The molecule has 0 aliphatic carbocycles. The number of carbonyl (C=O) groups excluding carboxylic acids is 2. The molecule has 2 fully saturated rings. The Labute approximate surface area is 247 Å². The van der Waals surface area contributed by atoms with Gasteiger partial charge in [-0.05, 0) is 49.6 Å². The van der Waals surface area contributed by atoms with E-state index in [2.05, 4.69) is 75.0 Å². The Balaban J connectivity index is 1.21. The lowest BCUT2D eigenvalue weighted by Gasteiger charge is -2.36. The predicted octanol–water partition coefficient (Wildman–Crippen LogP) is 3.31. The van der Waals surface area contributed by atoms with Crippen LogP contribution in [0.4, 0.5) is 11.4 Å². The first kappa shape index (κ1) is 30.2. The van der Waals surface area contributed by atoms with Gasteiger partial charge in [-0.3, -0.25) is 14.5 Å². The summed E-state index contributed by atoms with van der Waals surface area (Å²) >= 11 is 1.53. The van der Waals surface area contributed by atoms with Crippen molar-refractivity contribution in [1.29, 1.82) is 10.5 Å². The Morgan fingerprint density at radius 1 is 1.10 bits per heavy atom. The molecule has 4 rings (SSSR count). The van der Waals surface area contributed by atoms with E-state index >= 15 is 0 Å². The van der Waals surface area contributed by atoms with Crippen molar-refractivity contribution >= 4 is 35.0 Å². The minimum absolute atomic E-state index is 0.0551. The van der Waals surface area contributed by atoms with E-state index in [1.807, 2.05) is 19.1 Å². The average Bonchev–Trinajstić information content (AvgIpc) is 3.31. The van der Waals surface area contributed by atoms with Gasteiger partial charge in [0.2, 0.25) is 11.8 Å². The number of piperazine rings is 1. The molecule has 0 radical (unpaired) electrons. The predicted molar refractivity (Wildman–Crippen MR) is 163 cm³/mol. The molecule has 2 aliphatic heterocycles. The number of amides is 2. The summed E-state index contributed by atoms with van der Waals surface area (Å²) in [7, 11) is 0. The van der Waals surface area contributed by atoms with E-state index in [-0.39, 0.29) is 29.5 Å². The molecule has 0 bridgehead atoms. The number of para-hydroxylation sites is 1. The number of nitriles is 2. The van der Waals surface area contributed by atoms with Crippen LogP contribution in [0.2, 0.25) is 0 Å². The third-order valence-corrected chi connectivity index (χ3v) is 9.22. The van der Waals surface area contributed by atoms with Crippen LogP contribution >= 0.6 is 11.8 Å². The van der Waals surface area contributed by atoms with Gasteiger partial charge in [-0.1, -0.05) is 30.3 Å². The van der Waals surface area contributed by atoms with Gasteiger partial charge in [-0.25, -0.2) is 0 Å². The van der Waals surface area contributed by atoms with Crippen LogP contribution in [0.25, 0.3) is 0 Å². The molecule has 9 nitrogen and oxygen atoms in total. The Morgan fingerprint density at radius 3 is 2.59 bits per heavy atom. The van der Waals surface area contributed by atoms with Crippen molar-refractivity contribution in [1.82, 2.24) is 15.1 Å². The number of hydrogen-bond donors (Lipinski definition) is 2. The van der Waals surface area contributed by atoms with Gasteiger partial charge >= 0.3 is 0 Å². The highest BCUT2D eigenvalue weighted by Crippen LogP contribution is 2.37. The fourth-order valence-corrected chi connectivity index (χ4v) is 6.98. The molecule has 2 aromatic carbocycles. The molecular formula is C31H39N7O2S. The van der Waals surface area contributed by atoms with Crippen molar-refractivity contribution in [3.63, 3.8) is 0 Å². The summed E-state index contributed by atoms with van der Waals surface area (Å²) in [5.41, 5.74) is 3.64. The second-order valence-electron chi connectivity index (χ2n) is 10.3. The van der Waals surface area contributed by atoms with Crippen LogP contribution in [0.5, 0.6) is 0 Å². The summed E-state index contributed by atoms with van der Waals surface area (Å²) < 4.78 is 0. The van der Waals surface area contributed by atoms with Gasteiger partial charge in [0.1, 0.15) is 12.5 Å². The largest absolute Gasteiger partial charge is 0.385 e. The summed E-state index contributed by atoms with van der Waals surface area (Å²) in [6.45, 7) is 8.22. The maximum absolute atomic E-state index is 13.0. The maximum Gasteiger partial charge on any atom is 0.238 e. The van der Waals surface area contributed by atoms with Crippen LogP contribution in [0.1, 0.15) is 25.3 Å². The van der Waals surface area contributed by atoms with Crippen LogP contribution in [0, 0.1) is 28.6 Å². The molecule has 0 saturated carbocycles. The highest BCUT2D eigenvalue weighted by molar-refractivity contribution is 8.01. The van der Waals surface area contributed by atoms with Gasteiger partial charge in [0.05, 0.1) is 22.8 Å². The zero-order valence-corrected chi connectivity index (χ0v) is 24.5. The standard InChI is InChI=1S/C31H39N7O2S/c1-2-38-29(22-25(23-33)30(39)35-15-13-32)41-28(31(38)40)11-14-34-26-8-6-7-24(21-26)12-16-36-17-19-37(20-18-36)27-9-4-3-5-10-27/h3-10,21,25,28-29,34H,2,11-12,14-20,22H2,1H3,(H,35,39). The van der Waals surface area contributed by atoms with Gasteiger partial charge in [-0.2, -0.15) is 10.5 Å². The van der Waals surface area contributed by atoms with E-state index in [9.17, 15) is 14.9 Å². The summed E-state index contributed by atoms with van der Waals surface area (Å²) in [5.74, 6) is -1.30. The van der Waals surface area contributed by atoms with E-state index < -0.39 is 11.8 Å². The maximum atomic E-state index is 13.0. The molecular weight excluding hydrogens is 534 g/mol. The molecule has 10 heteroatoms. The summed E-state index contributed by atoms with van der Waals surface area (Å²) in [5, 5.41) is 23.7. The Bertz CT molecular complexity index is 1240. The summed E-state index contributed by atoms with van der Waals surface area (Å²) in [4.78, 5) is 32.0. The lowest BCUT2D eigenvalue weighted by atomic mass is 10.1.